The topological polar surface area (TPSA) is 36.1 Å². The van der Waals surface area contributed by atoms with Gasteiger partial charge in [0.05, 0.1) is 0 Å². The molecule has 2 unspecified atom stereocenters. The summed E-state index contributed by atoms with van der Waals surface area (Å²) in [5, 5.41) is 10.5. The molecule has 0 saturated carbocycles. The molecular weight excluding hydrogens is 250 g/mol. The summed E-state index contributed by atoms with van der Waals surface area (Å²) in [5.74, 6) is 1.63. The van der Waals surface area contributed by atoms with E-state index in [4.69, 9.17) is 0 Å². The maximum atomic E-state index is 4.44. The Morgan fingerprint density at radius 1 is 0.824 bits per heavy atom. The number of hydrogen-bond donors (Lipinski definition) is 5. The van der Waals surface area contributed by atoms with Crippen LogP contribution in [0.15, 0.2) is 0 Å². The zero-order valence-electron chi connectivity index (χ0n) is 11.6. The van der Waals surface area contributed by atoms with Crippen LogP contribution in [0.5, 0.6) is 0 Å². The molecule has 0 aromatic rings. The lowest BCUT2D eigenvalue weighted by atomic mass is 10.00. The van der Waals surface area contributed by atoms with Crippen LogP contribution in [0.4, 0.5) is 0 Å². The van der Waals surface area contributed by atoms with Crippen molar-refractivity contribution in [2.24, 2.45) is 0 Å². The van der Waals surface area contributed by atoms with E-state index in [-0.39, 0.29) is 11.1 Å². The molecular formula is C12H29N3S2. The second-order valence-corrected chi connectivity index (χ2v) is 5.73. The zero-order valence-corrected chi connectivity index (χ0v) is 13.4. The van der Waals surface area contributed by atoms with E-state index in [1.54, 1.807) is 0 Å². The lowest BCUT2D eigenvalue weighted by Gasteiger charge is -2.36. The molecule has 2 atom stereocenters. The number of rotatable bonds is 10. The molecule has 0 aliphatic rings. The first kappa shape index (κ1) is 17.6. The summed E-state index contributed by atoms with van der Waals surface area (Å²) in [5.41, 5.74) is 0.0625. The van der Waals surface area contributed by atoms with Gasteiger partial charge >= 0.3 is 0 Å². The van der Waals surface area contributed by atoms with Gasteiger partial charge in [0.1, 0.15) is 0 Å². The Morgan fingerprint density at radius 2 is 1.35 bits per heavy atom. The Hall–Kier alpha value is 0.580. The van der Waals surface area contributed by atoms with Gasteiger partial charge in [-0.2, -0.15) is 25.3 Å². The van der Waals surface area contributed by atoms with Crippen molar-refractivity contribution in [1.82, 2.24) is 16.0 Å². The van der Waals surface area contributed by atoms with Crippen LogP contribution >= 0.6 is 25.3 Å². The van der Waals surface area contributed by atoms with E-state index >= 15 is 0 Å². The number of nitrogens with one attached hydrogen (secondary N) is 3. The van der Waals surface area contributed by atoms with Crippen molar-refractivity contribution in [2.75, 3.05) is 37.7 Å². The number of thiol groups is 2. The Morgan fingerprint density at radius 3 is 1.76 bits per heavy atom. The van der Waals surface area contributed by atoms with Gasteiger partial charge in [-0.1, -0.05) is 13.8 Å². The third-order valence-corrected chi connectivity index (χ3v) is 4.37. The minimum absolute atomic E-state index is 0.0265. The number of hydrogen-bond acceptors (Lipinski definition) is 5. The molecule has 5 heteroatoms. The second kappa shape index (κ2) is 8.64. The first-order valence-corrected chi connectivity index (χ1v) is 7.64. The normalized spacial score (nSPS) is 18.7. The molecule has 104 valence electrons. The van der Waals surface area contributed by atoms with Crippen molar-refractivity contribution >= 4 is 25.3 Å². The molecule has 0 bridgehead atoms. The maximum Gasteiger partial charge on any atom is 0.0367 e. The van der Waals surface area contributed by atoms with Gasteiger partial charge in [-0.05, 0) is 26.9 Å². The fourth-order valence-electron chi connectivity index (χ4n) is 1.58. The molecule has 3 N–H and O–H groups in total. The molecule has 0 rings (SSSR count). The molecule has 0 radical (unpaired) electrons. The summed E-state index contributed by atoms with van der Waals surface area (Å²) in [6, 6.07) is 0. The fraction of sp³-hybridized carbons (Fsp3) is 1.00. The predicted octanol–water partition coefficient (Wildman–Crippen LogP) is 1.17. The smallest absolute Gasteiger partial charge is 0.0367 e. The van der Waals surface area contributed by atoms with Crippen molar-refractivity contribution < 1.29 is 0 Å². The summed E-state index contributed by atoms with van der Waals surface area (Å²) >= 11 is 8.87. The average molecular weight is 280 g/mol. The van der Waals surface area contributed by atoms with E-state index in [0.717, 1.165) is 37.7 Å². The molecule has 17 heavy (non-hydrogen) atoms. The predicted molar refractivity (Wildman–Crippen MR) is 84.7 cm³/mol. The van der Waals surface area contributed by atoms with Gasteiger partial charge < -0.3 is 16.0 Å². The first-order chi connectivity index (χ1) is 7.95. The minimum atomic E-state index is 0.0265. The standard InChI is InChI=1S/C12H29N3S2/c1-5-13-7-11(3,9-16)15-8-12(4,10-17)14-6-2/h13-17H,5-10H2,1-4H3. The van der Waals surface area contributed by atoms with Gasteiger partial charge in [0.15, 0.2) is 0 Å². The van der Waals surface area contributed by atoms with E-state index in [9.17, 15) is 0 Å². The minimum Gasteiger partial charge on any atom is -0.315 e. The molecule has 0 aromatic heterocycles. The second-order valence-electron chi connectivity index (χ2n) is 5.10. The van der Waals surface area contributed by atoms with Gasteiger partial charge in [-0.15, -0.1) is 0 Å². The van der Waals surface area contributed by atoms with Crippen molar-refractivity contribution in [3.63, 3.8) is 0 Å². The summed E-state index contributed by atoms with van der Waals surface area (Å²) < 4.78 is 0. The highest BCUT2D eigenvalue weighted by Gasteiger charge is 2.27. The SMILES string of the molecule is CCNCC(C)(CS)NCC(C)(CS)NCC. The Kier molecular flexibility index (Phi) is 8.94. The fourth-order valence-corrected chi connectivity index (χ4v) is 2.03. The van der Waals surface area contributed by atoms with Gasteiger partial charge in [0, 0.05) is 35.7 Å². The average Bonchev–Trinajstić information content (AvgIpc) is 2.34. The molecule has 0 aliphatic heterocycles. The molecule has 0 heterocycles. The highest BCUT2D eigenvalue weighted by Crippen LogP contribution is 2.10. The van der Waals surface area contributed by atoms with Crippen LogP contribution in [-0.4, -0.2) is 48.8 Å². The molecule has 0 amide bonds. The molecule has 3 nitrogen and oxygen atoms in total. The number of likely N-dealkylation sites (N-methyl/N-ethyl adjacent to an activating group) is 2. The van der Waals surface area contributed by atoms with Crippen LogP contribution in [-0.2, 0) is 0 Å². The van der Waals surface area contributed by atoms with Crippen molar-refractivity contribution in [3.8, 4) is 0 Å². The monoisotopic (exact) mass is 279 g/mol. The van der Waals surface area contributed by atoms with Crippen LogP contribution in [0.25, 0.3) is 0 Å². The van der Waals surface area contributed by atoms with E-state index in [1.807, 2.05) is 0 Å². The Balaban J connectivity index is 4.27. The summed E-state index contributed by atoms with van der Waals surface area (Å²) in [6.07, 6.45) is 0. The molecule has 0 spiro atoms. The van der Waals surface area contributed by atoms with Crippen LogP contribution < -0.4 is 16.0 Å². The first-order valence-electron chi connectivity index (χ1n) is 6.38. The summed E-state index contributed by atoms with van der Waals surface area (Å²) in [7, 11) is 0. The van der Waals surface area contributed by atoms with Crippen LogP contribution in [0.2, 0.25) is 0 Å². The molecule has 0 aliphatic carbocycles. The third kappa shape index (κ3) is 6.91. The van der Waals surface area contributed by atoms with E-state index < -0.39 is 0 Å². The van der Waals surface area contributed by atoms with Crippen molar-refractivity contribution in [1.29, 1.82) is 0 Å². The maximum absolute atomic E-state index is 4.44. The zero-order chi connectivity index (χ0) is 13.4. The largest absolute Gasteiger partial charge is 0.315 e. The highest BCUT2D eigenvalue weighted by molar-refractivity contribution is 7.80. The van der Waals surface area contributed by atoms with Crippen LogP contribution in [0, 0.1) is 0 Å². The Labute approximate surface area is 118 Å². The van der Waals surface area contributed by atoms with Crippen molar-refractivity contribution in [3.05, 3.63) is 0 Å². The van der Waals surface area contributed by atoms with Gasteiger partial charge in [-0.3, -0.25) is 0 Å². The van der Waals surface area contributed by atoms with E-state index in [0.29, 0.717) is 0 Å². The van der Waals surface area contributed by atoms with Gasteiger partial charge in [0.25, 0.3) is 0 Å². The quantitative estimate of drug-likeness (QED) is 0.390. The van der Waals surface area contributed by atoms with E-state index in [1.165, 1.54) is 0 Å². The molecule has 0 fully saturated rings. The van der Waals surface area contributed by atoms with E-state index in [2.05, 4.69) is 68.9 Å². The summed E-state index contributed by atoms with van der Waals surface area (Å²) in [4.78, 5) is 0. The van der Waals surface area contributed by atoms with Crippen LogP contribution in [0.1, 0.15) is 27.7 Å². The molecule has 0 saturated heterocycles. The lowest BCUT2D eigenvalue weighted by molar-refractivity contribution is 0.305. The van der Waals surface area contributed by atoms with Crippen LogP contribution in [0.3, 0.4) is 0 Å². The van der Waals surface area contributed by atoms with Gasteiger partial charge in [-0.25, -0.2) is 0 Å². The molecule has 0 aromatic carbocycles. The lowest BCUT2D eigenvalue weighted by Crippen LogP contribution is -2.60. The Bertz CT molecular complexity index is 204. The van der Waals surface area contributed by atoms with Crippen molar-refractivity contribution in [2.45, 2.75) is 38.8 Å². The van der Waals surface area contributed by atoms with Gasteiger partial charge in [0.2, 0.25) is 0 Å². The highest BCUT2D eigenvalue weighted by atomic mass is 32.1. The summed E-state index contributed by atoms with van der Waals surface area (Å²) in [6.45, 7) is 12.4. The third-order valence-electron chi connectivity index (χ3n) is 2.97.